The van der Waals surface area contributed by atoms with Crippen LogP contribution in [0.1, 0.15) is 57.2 Å². The average Bonchev–Trinajstić information content (AvgIpc) is 2.98. The smallest absolute Gasteiger partial charge is 0.155 e. The molecule has 18 heavy (non-hydrogen) atoms. The second-order valence-electron chi connectivity index (χ2n) is 5.26. The highest BCUT2D eigenvalue weighted by atomic mass is 16.1. The summed E-state index contributed by atoms with van der Waals surface area (Å²) in [5.74, 6) is 0.105. The lowest BCUT2D eigenvalue weighted by Crippen LogP contribution is -2.31. The molecule has 4 nitrogen and oxygen atoms in total. The molecule has 100 valence electrons. The van der Waals surface area contributed by atoms with Crippen molar-refractivity contribution >= 4 is 5.78 Å². The molecule has 0 aromatic carbocycles. The lowest BCUT2D eigenvalue weighted by Gasteiger charge is -2.09. The highest BCUT2D eigenvalue weighted by Crippen LogP contribution is 2.28. The molecule has 0 spiro atoms. The number of hydrogen-bond acceptors (Lipinski definition) is 3. The van der Waals surface area contributed by atoms with E-state index in [9.17, 15) is 4.79 Å². The van der Waals surface area contributed by atoms with Crippen LogP contribution in [0.15, 0.2) is 12.3 Å². The van der Waals surface area contributed by atoms with Crippen molar-refractivity contribution in [1.29, 1.82) is 0 Å². The van der Waals surface area contributed by atoms with Crippen LogP contribution in [0, 0.1) is 0 Å². The van der Waals surface area contributed by atoms with Gasteiger partial charge in [0, 0.05) is 6.20 Å². The Labute approximate surface area is 109 Å². The number of hydrogen-bond donors (Lipinski definition) is 1. The van der Waals surface area contributed by atoms with Crippen LogP contribution >= 0.6 is 0 Å². The fourth-order valence-corrected chi connectivity index (χ4v) is 2.63. The van der Waals surface area contributed by atoms with Gasteiger partial charge < -0.3 is 5.73 Å². The quantitative estimate of drug-likeness (QED) is 0.841. The molecule has 2 N–H and O–H groups in total. The van der Waals surface area contributed by atoms with Gasteiger partial charge in [0.15, 0.2) is 5.78 Å². The molecule has 1 atom stereocenters. The first-order valence-corrected chi connectivity index (χ1v) is 7.03. The van der Waals surface area contributed by atoms with Gasteiger partial charge >= 0.3 is 0 Å². The molecular weight excluding hydrogens is 226 g/mol. The van der Waals surface area contributed by atoms with E-state index in [2.05, 4.69) is 5.10 Å². The number of carbonyl (C=O) groups excluding carboxylic acids is 1. The van der Waals surface area contributed by atoms with Crippen LogP contribution in [0.2, 0.25) is 0 Å². The summed E-state index contributed by atoms with van der Waals surface area (Å²) in [6.45, 7) is 2.04. The van der Waals surface area contributed by atoms with Crippen molar-refractivity contribution in [2.75, 3.05) is 0 Å². The second kappa shape index (κ2) is 6.14. The number of rotatable bonds is 6. The maximum Gasteiger partial charge on any atom is 0.155 e. The number of ketones is 1. The van der Waals surface area contributed by atoms with Crippen molar-refractivity contribution in [2.24, 2.45) is 5.73 Å². The fourth-order valence-electron chi connectivity index (χ4n) is 2.63. The summed E-state index contributed by atoms with van der Waals surface area (Å²) in [5.41, 5.74) is 6.68. The predicted molar refractivity (Wildman–Crippen MR) is 71.3 cm³/mol. The molecule has 1 aliphatic carbocycles. The summed E-state index contributed by atoms with van der Waals surface area (Å²) in [6.07, 6.45) is 9.10. The van der Waals surface area contributed by atoms with Gasteiger partial charge in [0.25, 0.3) is 0 Å². The zero-order valence-electron chi connectivity index (χ0n) is 11.1. The minimum Gasteiger partial charge on any atom is -0.321 e. The maximum atomic E-state index is 11.9. The summed E-state index contributed by atoms with van der Waals surface area (Å²) in [6, 6.07) is 2.17. The summed E-state index contributed by atoms with van der Waals surface area (Å²) in [4.78, 5) is 11.9. The van der Waals surface area contributed by atoms with E-state index in [0.717, 1.165) is 18.5 Å². The Kier molecular flexibility index (Phi) is 4.53. The molecule has 0 amide bonds. The van der Waals surface area contributed by atoms with Gasteiger partial charge in [0.2, 0.25) is 0 Å². The normalized spacial score (nSPS) is 18.1. The molecule has 4 heteroatoms. The Morgan fingerprint density at radius 1 is 1.56 bits per heavy atom. The molecule has 1 aliphatic rings. The monoisotopic (exact) mass is 249 g/mol. The standard InChI is InChI=1S/C14H23N3O/c1-2-5-13(15)14(18)10-11-8-9-17(16-11)12-6-3-4-7-12/h8-9,12-13H,2-7,10,15H2,1H3. The van der Waals surface area contributed by atoms with Crippen molar-refractivity contribution in [3.8, 4) is 0 Å². The van der Waals surface area contributed by atoms with Crippen molar-refractivity contribution in [3.63, 3.8) is 0 Å². The van der Waals surface area contributed by atoms with E-state index in [0.29, 0.717) is 12.5 Å². The minimum absolute atomic E-state index is 0.105. The van der Waals surface area contributed by atoms with Gasteiger partial charge in [-0.1, -0.05) is 26.2 Å². The number of Topliss-reactive ketones (excluding diaryl/α,β-unsaturated/α-hetero) is 1. The molecule has 0 radical (unpaired) electrons. The highest BCUT2D eigenvalue weighted by molar-refractivity contribution is 5.85. The zero-order chi connectivity index (χ0) is 13.0. The summed E-state index contributed by atoms with van der Waals surface area (Å²) < 4.78 is 2.03. The van der Waals surface area contributed by atoms with E-state index in [1.165, 1.54) is 25.7 Å². The van der Waals surface area contributed by atoms with Crippen molar-refractivity contribution in [1.82, 2.24) is 9.78 Å². The van der Waals surface area contributed by atoms with Crippen LogP contribution in [-0.4, -0.2) is 21.6 Å². The topological polar surface area (TPSA) is 60.9 Å². The Morgan fingerprint density at radius 3 is 2.94 bits per heavy atom. The maximum absolute atomic E-state index is 11.9. The number of aromatic nitrogens is 2. The Bertz CT molecular complexity index is 393. The predicted octanol–water partition coefficient (Wildman–Crippen LogP) is 2.24. The number of nitrogens with two attached hydrogens (primary N) is 1. The molecule has 1 heterocycles. The van der Waals surface area contributed by atoms with E-state index in [1.54, 1.807) is 0 Å². The molecule has 1 fully saturated rings. The molecule has 1 unspecified atom stereocenters. The van der Waals surface area contributed by atoms with E-state index >= 15 is 0 Å². The van der Waals surface area contributed by atoms with Crippen molar-refractivity contribution in [2.45, 2.75) is 64.0 Å². The van der Waals surface area contributed by atoms with Gasteiger partial charge in [0.1, 0.15) is 0 Å². The van der Waals surface area contributed by atoms with Gasteiger partial charge in [-0.2, -0.15) is 5.10 Å². The van der Waals surface area contributed by atoms with Crippen LogP contribution in [0.4, 0.5) is 0 Å². The minimum atomic E-state index is -0.327. The van der Waals surface area contributed by atoms with Crippen LogP contribution in [-0.2, 0) is 11.2 Å². The summed E-state index contributed by atoms with van der Waals surface area (Å²) >= 11 is 0. The first-order valence-electron chi connectivity index (χ1n) is 7.03. The molecular formula is C14H23N3O. The van der Waals surface area contributed by atoms with Crippen molar-refractivity contribution < 1.29 is 4.79 Å². The molecule has 1 aromatic rings. The van der Waals surface area contributed by atoms with E-state index in [1.807, 2.05) is 23.9 Å². The summed E-state index contributed by atoms with van der Waals surface area (Å²) in [5, 5.41) is 4.52. The zero-order valence-corrected chi connectivity index (χ0v) is 11.1. The third-order valence-corrected chi connectivity index (χ3v) is 3.73. The van der Waals surface area contributed by atoms with Crippen LogP contribution < -0.4 is 5.73 Å². The first-order chi connectivity index (χ1) is 8.70. The Morgan fingerprint density at radius 2 is 2.28 bits per heavy atom. The van der Waals surface area contributed by atoms with Crippen LogP contribution in [0.5, 0.6) is 0 Å². The number of carbonyl (C=O) groups is 1. The molecule has 0 bridgehead atoms. The average molecular weight is 249 g/mol. The summed E-state index contributed by atoms with van der Waals surface area (Å²) in [7, 11) is 0. The lowest BCUT2D eigenvalue weighted by atomic mass is 10.0. The first kappa shape index (κ1) is 13.3. The molecule has 0 aliphatic heterocycles. The number of nitrogens with zero attached hydrogens (tertiary/aromatic N) is 2. The Hall–Kier alpha value is -1.16. The van der Waals surface area contributed by atoms with Gasteiger partial charge in [-0.15, -0.1) is 0 Å². The SMILES string of the molecule is CCCC(N)C(=O)Cc1ccn(C2CCCC2)n1. The van der Waals surface area contributed by atoms with Gasteiger partial charge in [-0.05, 0) is 25.3 Å². The largest absolute Gasteiger partial charge is 0.321 e. The van der Waals surface area contributed by atoms with Crippen LogP contribution in [0.3, 0.4) is 0 Å². The van der Waals surface area contributed by atoms with E-state index < -0.39 is 0 Å². The van der Waals surface area contributed by atoms with Gasteiger partial charge in [-0.25, -0.2) is 0 Å². The lowest BCUT2D eigenvalue weighted by molar-refractivity contribution is -0.119. The molecule has 1 saturated carbocycles. The molecule has 0 saturated heterocycles. The van der Waals surface area contributed by atoms with Crippen molar-refractivity contribution in [3.05, 3.63) is 18.0 Å². The van der Waals surface area contributed by atoms with E-state index in [-0.39, 0.29) is 11.8 Å². The van der Waals surface area contributed by atoms with Gasteiger partial charge in [-0.3, -0.25) is 9.48 Å². The Balaban J connectivity index is 1.91. The highest BCUT2D eigenvalue weighted by Gasteiger charge is 2.19. The molecule has 2 rings (SSSR count). The molecule has 1 aromatic heterocycles. The second-order valence-corrected chi connectivity index (χ2v) is 5.26. The fraction of sp³-hybridized carbons (Fsp3) is 0.714. The third kappa shape index (κ3) is 3.19. The van der Waals surface area contributed by atoms with Crippen LogP contribution in [0.25, 0.3) is 0 Å². The third-order valence-electron chi connectivity index (χ3n) is 3.73. The van der Waals surface area contributed by atoms with E-state index in [4.69, 9.17) is 5.73 Å². The van der Waals surface area contributed by atoms with Gasteiger partial charge in [0.05, 0.1) is 24.2 Å².